The molecule has 0 bridgehead atoms. The Kier molecular flexibility index (Phi) is 6.61. The van der Waals surface area contributed by atoms with Crippen molar-refractivity contribution in [3.63, 3.8) is 0 Å². The van der Waals surface area contributed by atoms with Gasteiger partial charge in [0.25, 0.3) is 0 Å². The lowest BCUT2D eigenvalue weighted by atomic mass is 10.1. The first-order valence-corrected chi connectivity index (χ1v) is 12.5. The molecule has 1 fully saturated rings. The van der Waals surface area contributed by atoms with Gasteiger partial charge in [-0.2, -0.15) is 0 Å². The topological polar surface area (TPSA) is 121 Å². The number of carbonyl (C=O) groups excluding carboxylic acids is 1. The smallest absolute Gasteiger partial charge is 0.240 e. The number of benzene rings is 2. The van der Waals surface area contributed by atoms with Gasteiger partial charge < -0.3 is 5.32 Å². The summed E-state index contributed by atoms with van der Waals surface area (Å²) in [5.74, 6) is -0.260. The van der Waals surface area contributed by atoms with Crippen LogP contribution in [0.5, 0.6) is 0 Å². The molecule has 0 unspecified atom stereocenters. The molecular weight excluding hydrogens is 426 g/mol. The summed E-state index contributed by atoms with van der Waals surface area (Å²) in [5.41, 5.74) is 2.01. The zero-order valence-corrected chi connectivity index (χ0v) is 18.4. The molecule has 0 radical (unpaired) electrons. The highest BCUT2D eigenvalue weighted by Gasteiger charge is 2.27. The van der Waals surface area contributed by atoms with Crippen LogP contribution in [0.3, 0.4) is 0 Å². The summed E-state index contributed by atoms with van der Waals surface area (Å²) in [7, 11) is -5.77. The standard InChI is InChI=1S/C20H25N3O5S2/c1-14-3-9-18(29(25,26)21-2)13-19(14)22-20(24)12-6-15-4-10-17(11-5-15)30(27,28)23-16-7-8-16/h3-5,9-11,13,16,21,23H,6-8,12H2,1-2H3,(H,22,24). The van der Waals surface area contributed by atoms with Crippen LogP contribution < -0.4 is 14.8 Å². The van der Waals surface area contributed by atoms with Crippen LogP contribution >= 0.6 is 0 Å². The Bertz CT molecular complexity index is 1140. The van der Waals surface area contributed by atoms with Crippen LogP contribution in [0.4, 0.5) is 5.69 Å². The highest BCUT2D eigenvalue weighted by Crippen LogP contribution is 2.23. The van der Waals surface area contributed by atoms with Gasteiger partial charge in [-0.05, 0) is 68.6 Å². The van der Waals surface area contributed by atoms with Crippen LogP contribution in [0.1, 0.15) is 30.4 Å². The molecule has 1 saturated carbocycles. The van der Waals surface area contributed by atoms with Gasteiger partial charge in [0.15, 0.2) is 0 Å². The Morgan fingerprint density at radius 1 is 0.967 bits per heavy atom. The molecule has 0 heterocycles. The first-order valence-electron chi connectivity index (χ1n) is 9.56. The number of sulfonamides is 2. The Hall–Kier alpha value is -2.27. The van der Waals surface area contributed by atoms with E-state index in [9.17, 15) is 21.6 Å². The van der Waals surface area contributed by atoms with Crippen molar-refractivity contribution in [2.45, 2.75) is 48.4 Å². The minimum absolute atomic E-state index is 0.0448. The molecule has 3 rings (SSSR count). The number of anilines is 1. The third kappa shape index (κ3) is 5.66. The van der Waals surface area contributed by atoms with Crippen molar-refractivity contribution in [3.05, 3.63) is 53.6 Å². The van der Waals surface area contributed by atoms with Gasteiger partial charge in [0.1, 0.15) is 0 Å². The molecule has 1 amide bonds. The first kappa shape index (κ1) is 22.4. The van der Waals surface area contributed by atoms with Crippen molar-refractivity contribution in [1.82, 2.24) is 9.44 Å². The molecule has 0 aromatic heterocycles. The molecule has 2 aromatic carbocycles. The number of rotatable bonds is 9. The zero-order valence-electron chi connectivity index (χ0n) is 16.8. The van der Waals surface area contributed by atoms with Gasteiger partial charge in [-0.1, -0.05) is 18.2 Å². The number of hydrogen-bond donors (Lipinski definition) is 3. The Labute approximate surface area is 177 Å². The van der Waals surface area contributed by atoms with Gasteiger partial charge in [-0.15, -0.1) is 0 Å². The first-order chi connectivity index (χ1) is 14.1. The Morgan fingerprint density at radius 3 is 2.20 bits per heavy atom. The van der Waals surface area contributed by atoms with Gasteiger partial charge in [0, 0.05) is 18.2 Å². The fourth-order valence-corrected chi connectivity index (χ4v) is 4.88. The quantitative estimate of drug-likeness (QED) is 0.538. The molecule has 3 N–H and O–H groups in total. The highest BCUT2D eigenvalue weighted by molar-refractivity contribution is 7.89. The molecule has 0 spiro atoms. The van der Waals surface area contributed by atoms with Crippen molar-refractivity contribution in [1.29, 1.82) is 0 Å². The number of hydrogen-bond acceptors (Lipinski definition) is 5. The summed E-state index contributed by atoms with van der Waals surface area (Å²) in [5, 5.41) is 2.74. The molecule has 162 valence electrons. The van der Waals surface area contributed by atoms with Crippen LogP contribution in [0.15, 0.2) is 52.3 Å². The van der Waals surface area contributed by atoms with E-state index >= 15 is 0 Å². The normalized spacial score (nSPS) is 14.5. The van der Waals surface area contributed by atoms with Crippen LogP contribution in [0.25, 0.3) is 0 Å². The maximum Gasteiger partial charge on any atom is 0.240 e. The molecule has 2 aromatic rings. The van der Waals surface area contributed by atoms with E-state index in [0.717, 1.165) is 24.0 Å². The molecule has 8 nitrogen and oxygen atoms in total. The van der Waals surface area contributed by atoms with Crippen LogP contribution in [0, 0.1) is 6.92 Å². The van der Waals surface area contributed by atoms with E-state index < -0.39 is 20.0 Å². The maximum atomic E-state index is 12.3. The summed E-state index contributed by atoms with van der Waals surface area (Å²) in [6.45, 7) is 1.78. The summed E-state index contributed by atoms with van der Waals surface area (Å²) < 4.78 is 53.2. The van der Waals surface area contributed by atoms with Crippen LogP contribution in [-0.4, -0.2) is 35.8 Å². The minimum Gasteiger partial charge on any atom is -0.326 e. The third-order valence-electron chi connectivity index (χ3n) is 4.84. The fraction of sp³-hybridized carbons (Fsp3) is 0.350. The van der Waals surface area contributed by atoms with E-state index in [4.69, 9.17) is 0 Å². The molecule has 0 saturated heterocycles. The summed E-state index contributed by atoms with van der Waals surface area (Å²) in [6.07, 6.45) is 2.34. The second kappa shape index (κ2) is 8.84. The summed E-state index contributed by atoms with van der Waals surface area (Å²) >= 11 is 0. The predicted octanol–water partition coefficient (Wildman–Crippen LogP) is 1.92. The van der Waals surface area contributed by atoms with E-state index in [2.05, 4.69) is 14.8 Å². The zero-order chi connectivity index (χ0) is 21.9. The van der Waals surface area contributed by atoms with Gasteiger partial charge in [-0.3, -0.25) is 4.79 Å². The number of carbonyl (C=O) groups is 1. The lowest BCUT2D eigenvalue weighted by Gasteiger charge is -2.11. The number of aryl methyl sites for hydroxylation is 2. The monoisotopic (exact) mass is 451 g/mol. The van der Waals surface area contributed by atoms with Gasteiger partial charge in [-0.25, -0.2) is 26.3 Å². The molecule has 30 heavy (non-hydrogen) atoms. The van der Waals surface area contributed by atoms with Crippen molar-refractivity contribution in [2.75, 3.05) is 12.4 Å². The lowest BCUT2D eigenvalue weighted by molar-refractivity contribution is -0.116. The molecule has 10 heteroatoms. The Balaban J connectivity index is 1.60. The average molecular weight is 452 g/mol. The average Bonchev–Trinajstić information content (AvgIpc) is 3.51. The van der Waals surface area contributed by atoms with Crippen LogP contribution in [-0.2, 0) is 31.3 Å². The Morgan fingerprint density at radius 2 is 1.60 bits per heavy atom. The van der Waals surface area contributed by atoms with E-state index in [0.29, 0.717) is 12.1 Å². The van der Waals surface area contributed by atoms with E-state index in [1.807, 2.05) is 0 Å². The highest BCUT2D eigenvalue weighted by atomic mass is 32.2. The van der Waals surface area contributed by atoms with Crippen molar-refractivity contribution in [2.24, 2.45) is 0 Å². The van der Waals surface area contributed by atoms with Crippen molar-refractivity contribution < 1.29 is 21.6 Å². The lowest BCUT2D eigenvalue weighted by Crippen LogP contribution is -2.25. The molecule has 1 aliphatic carbocycles. The predicted molar refractivity (Wildman–Crippen MR) is 114 cm³/mol. The number of amides is 1. The SMILES string of the molecule is CNS(=O)(=O)c1ccc(C)c(NC(=O)CCc2ccc(S(=O)(=O)NC3CC3)cc2)c1. The molecular formula is C20H25N3O5S2. The minimum atomic E-state index is -3.60. The molecule has 0 atom stereocenters. The van der Waals surface area contributed by atoms with Crippen molar-refractivity contribution in [3.8, 4) is 0 Å². The van der Waals surface area contributed by atoms with E-state index in [1.165, 1.54) is 31.3 Å². The summed E-state index contributed by atoms with van der Waals surface area (Å²) in [6, 6.07) is 11.0. The second-order valence-corrected chi connectivity index (χ2v) is 10.9. The third-order valence-corrected chi connectivity index (χ3v) is 7.78. The largest absolute Gasteiger partial charge is 0.326 e. The van der Waals surface area contributed by atoms with Gasteiger partial charge in [0.2, 0.25) is 26.0 Å². The summed E-state index contributed by atoms with van der Waals surface area (Å²) in [4.78, 5) is 12.6. The van der Waals surface area contributed by atoms with Gasteiger partial charge in [0.05, 0.1) is 9.79 Å². The van der Waals surface area contributed by atoms with Crippen LogP contribution in [0.2, 0.25) is 0 Å². The van der Waals surface area contributed by atoms with Crippen molar-refractivity contribution >= 4 is 31.6 Å². The van der Waals surface area contributed by atoms with E-state index in [-0.39, 0.29) is 28.2 Å². The molecule has 1 aliphatic rings. The second-order valence-electron chi connectivity index (χ2n) is 7.27. The molecule has 0 aliphatic heterocycles. The maximum absolute atomic E-state index is 12.3. The fourth-order valence-electron chi connectivity index (χ4n) is 2.82. The number of nitrogens with one attached hydrogen (secondary N) is 3. The van der Waals surface area contributed by atoms with E-state index in [1.54, 1.807) is 25.1 Å². The van der Waals surface area contributed by atoms with Gasteiger partial charge >= 0.3 is 0 Å².